The summed E-state index contributed by atoms with van der Waals surface area (Å²) in [5.74, 6) is 0.574. The highest BCUT2D eigenvalue weighted by Gasteiger charge is 2.41. The molecule has 1 saturated heterocycles. The normalized spacial score (nSPS) is 27.4. The van der Waals surface area contributed by atoms with E-state index in [0.717, 1.165) is 0 Å². The molecule has 1 aliphatic heterocycles. The first-order chi connectivity index (χ1) is 8.20. The Kier molecular flexibility index (Phi) is 2.74. The van der Waals surface area contributed by atoms with Crippen LogP contribution in [0.1, 0.15) is 63.6 Å². The molecule has 2 fully saturated rings. The maximum Gasteiger partial charge on any atom is 0.0950 e. The van der Waals surface area contributed by atoms with Crippen LogP contribution < -0.4 is 5.32 Å². The van der Waals surface area contributed by atoms with Gasteiger partial charge in [-0.3, -0.25) is 0 Å². The van der Waals surface area contributed by atoms with Gasteiger partial charge in [0, 0.05) is 23.5 Å². The summed E-state index contributed by atoms with van der Waals surface area (Å²) in [7, 11) is 0. The molecule has 0 radical (unpaired) electrons. The van der Waals surface area contributed by atoms with Crippen LogP contribution in [-0.2, 0) is 0 Å². The minimum Gasteiger partial charge on any atom is -0.331 e. The van der Waals surface area contributed by atoms with E-state index < -0.39 is 0 Å². The van der Waals surface area contributed by atoms with Crippen molar-refractivity contribution in [2.45, 2.75) is 63.5 Å². The van der Waals surface area contributed by atoms with Gasteiger partial charge in [-0.25, -0.2) is 4.98 Å². The Morgan fingerprint density at radius 1 is 1.47 bits per heavy atom. The molecule has 1 aromatic rings. The van der Waals surface area contributed by atoms with Crippen molar-refractivity contribution in [3.05, 3.63) is 18.2 Å². The SMILES string of the molecule is CC(C)c1cncn1C1CCNC2(CCC2)C1. The average Bonchev–Trinajstić information content (AvgIpc) is 2.76. The fraction of sp³-hybridized carbons (Fsp3) is 0.786. The van der Waals surface area contributed by atoms with Gasteiger partial charge in [-0.05, 0) is 44.6 Å². The van der Waals surface area contributed by atoms with E-state index in [1.54, 1.807) is 0 Å². The number of hydrogen-bond donors (Lipinski definition) is 1. The minimum absolute atomic E-state index is 0.474. The lowest BCUT2D eigenvalue weighted by Gasteiger charge is -2.49. The fourth-order valence-electron chi connectivity index (χ4n) is 3.42. The van der Waals surface area contributed by atoms with Gasteiger partial charge in [0.2, 0.25) is 0 Å². The van der Waals surface area contributed by atoms with Gasteiger partial charge in [0.25, 0.3) is 0 Å². The van der Waals surface area contributed by atoms with Gasteiger partial charge >= 0.3 is 0 Å². The predicted molar refractivity (Wildman–Crippen MR) is 69.2 cm³/mol. The molecule has 1 spiro atoms. The summed E-state index contributed by atoms with van der Waals surface area (Å²) in [6.07, 6.45) is 10.8. The van der Waals surface area contributed by atoms with Crippen molar-refractivity contribution >= 4 is 0 Å². The van der Waals surface area contributed by atoms with Crippen molar-refractivity contribution in [1.82, 2.24) is 14.9 Å². The second-order valence-corrected chi connectivity index (χ2v) is 6.09. The Morgan fingerprint density at radius 2 is 2.29 bits per heavy atom. The van der Waals surface area contributed by atoms with Gasteiger partial charge < -0.3 is 9.88 Å². The number of rotatable bonds is 2. The van der Waals surface area contributed by atoms with Crippen LogP contribution in [0, 0.1) is 0 Å². The van der Waals surface area contributed by atoms with Crippen LogP contribution in [0.15, 0.2) is 12.5 Å². The van der Waals surface area contributed by atoms with Crippen LogP contribution in [0.4, 0.5) is 0 Å². The van der Waals surface area contributed by atoms with Crippen molar-refractivity contribution in [2.24, 2.45) is 0 Å². The fourth-order valence-corrected chi connectivity index (χ4v) is 3.42. The summed E-state index contributed by atoms with van der Waals surface area (Å²) < 4.78 is 2.44. The highest BCUT2D eigenvalue weighted by molar-refractivity contribution is 5.09. The Hall–Kier alpha value is -0.830. The minimum atomic E-state index is 0.474. The van der Waals surface area contributed by atoms with E-state index in [9.17, 15) is 0 Å². The van der Waals surface area contributed by atoms with Crippen molar-refractivity contribution < 1.29 is 0 Å². The number of nitrogens with one attached hydrogen (secondary N) is 1. The number of nitrogens with zero attached hydrogens (tertiary/aromatic N) is 2. The molecule has 1 N–H and O–H groups in total. The maximum atomic E-state index is 4.35. The molecule has 3 heteroatoms. The zero-order chi connectivity index (χ0) is 11.9. The van der Waals surface area contributed by atoms with Crippen LogP contribution in [0.5, 0.6) is 0 Å². The number of aromatic nitrogens is 2. The van der Waals surface area contributed by atoms with Gasteiger partial charge in [0.15, 0.2) is 0 Å². The van der Waals surface area contributed by atoms with E-state index in [-0.39, 0.29) is 0 Å². The van der Waals surface area contributed by atoms with Gasteiger partial charge in [-0.2, -0.15) is 0 Å². The molecular weight excluding hydrogens is 210 g/mol. The molecular formula is C14H23N3. The average molecular weight is 233 g/mol. The van der Waals surface area contributed by atoms with E-state index >= 15 is 0 Å². The van der Waals surface area contributed by atoms with Crippen molar-refractivity contribution in [3.63, 3.8) is 0 Å². The molecule has 17 heavy (non-hydrogen) atoms. The smallest absolute Gasteiger partial charge is 0.0950 e. The van der Waals surface area contributed by atoms with Gasteiger partial charge in [-0.1, -0.05) is 13.8 Å². The van der Waals surface area contributed by atoms with E-state index in [1.165, 1.54) is 44.3 Å². The van der Waals surface area contributed by atoms with Crippen LogP contribution in [-0.4, -0.2) is 21.6 Å². The van der Waals surface area contributed by atoms with Crippen molar-refractivity contribution in [1.29, 1.82) is 0 Å². The van der Waals surface area contributed by atoms with Crippen LogP contribution in [0.3, 0.4) is 0 Å². The quantitative estimate of drug-likeness (QED) is 0.851. The first-order valence-corrected chi connectivity index (χ1v) is 6.97. The van der Waals surface area contributed by atoms with Crippen LogP contribution in [0.2, 0.25) is 0 Å². The Labute approximate surface area is 104 Å². The summed E-state index contributed by atoms with van der Waals surface area (Å²) in [5.41, 5.74) is 1.87. The third-order valence-corrected chi connectivity index (χ3v) is 4.60. The lowest BCUT2D eigenvalue weighted by molar-refractivity contribution is 0.108. The monoisotopic (exact) mass is 233 g/mol. The highest BCUT2D eigenvalue weighted by Crippen LogP contribution is 2.42. The zero-order valence-corrected chi connectivity index (χ0v) is 10.9. The summed E-state index contributed by atoms with van der Waals surface area (Å²) in [5, 5.41) is 3.74. The molecule has 3 rings (SSSR count). The van der Waals surface area contributed by atoms with Crippen LogP contribution in [0.25, 0.3) is 0 Å². The summed E-state index contributed by atoms with van der Waals surface area (Å²) in [6.45, 7) is 5.68. The van der Waals surface area contributed by atoms with Crippen LogP contribution >= 0.6 is 0 Å². The van der Waals surface area contributed by atoms with E-state index in [4.69, 9.17) is 0 Å². The number of imidazole rings is 1. The Morgan fingerprint density at radius 3 is 2.94 bits per heavy atom. The third kappa shape index (κ3) is 1.90. The van der Waals surface area contributed by atoms with E-state index in [0.29, 0.717) is 17.5 Å². The lowest BCUT2D eigenvalue weighted by atomic mass is 9.70. The summed E-state index contributed by atoms with van der Waals surface area (Å²) in [6, 6.07) is 0.663. The number of piperidine rings is 1. The second kappa shape index (κ2) is 4.13. The van der Waals surface area contributed by atoms with Crippen molar-refractivity contribution in [2.75, 3.05) is 6.54 Å². The lowest BCUT2D eigenvalue weighted by Crippen LogP contribution is -2.55. The molecule has 1 aromatic heterocycles. The van der Waals surface area contributed by atoms with Gasteiger partial charge in [-0.15, -0.1) is 0 Å². The molecule has 1 atom stereocenters. The van der Waals surface area contributed by atoms with Crippen molar-refractivity contribution in [3.8, 4) is 0 Å². The molecule has 1 unspecified atom stereocenters. The molecule has 2 heterocycles. The van der Waals surface area contributed by atoms with E-state index in [2.05, 4.69) is 28.7 Å². The Balaban J connectivity index is 1.81. The highest BCUT2D eigenvalue weighted by atomic mass is 15.1. The predicted octanol–water partition coefficient (Wildman–Crippen LogP) is 2.85. The maximum absolute atomic E-state index is 4.35. The molecule has 1 saturated carbocycles. The third-order valence-electron chi connectivity index (χ3n) is 4.60. The zero-order valence-electron chi connectivity index (χ0n) is 10.9. The summed E-state index contributed by atoms with van der Waals surface area (Å²) in [4.78, 5) is 4.35. The molecule has 0 amide bonds. The molecule has 94 valence electrons. The molecule has 2 aliphatic rings. The van der Waals surface area contributed by atoms with E-state index in [1.807, 2.05) is 12.5 Å². The topological polar surface area (TPSA) is 29.9 Å². The molecule has 3 nitrogen and oxygen atoms in total. The largest absolute Gasteiger partial charge is 0.331 e. The number of hydrogen-bond acceptors (Lipinski definition) is 2. The molecule has 1 aliphatic carbocycles. The first-order valence-electron chi connectivity index (χ1n) is 6.97. The standard InChI is InChI=1S/C14H23N3/c1-11(2)13-9-15-10-17(13)12-4-7-16-14(8-12)5-3-6-14/h9-12,16H,3-8H2,1-2H3. The first kappa shape index (κ1) is 11.3. The Bertz CT molecular complexity index is 390. The second-order valence-electron chi connectivity index (χ2n) is 6.09. The molecule has 0 bridgehead atoms. The van der Waals surface area contributed by atoms with Gasteiger partial charge in [0.1, 0.15) is 0 Å². The summed E-state index contributed by atoms with van der Waals surface area (Å²) >= 11 is 0. The van der Waals surface area contributed by atoms with Gasteiger partial charge in [0.05, 0.1) is 6.33 Å². The molecule has 0 aromatic carbocycles.